The second-order valence-electron chi connectivity index (χ2n) is 48.3. The summed E-state index contributed by atoms with van der Waals surface area (Å²) in [5.74, 6) is 5.70. The lowest BCUT2D eigenvalue weighted by atomic mass is 9.75. The molecule has 2 saturated carbocycles. The second kappa shape index (κ2) is 47.0. The van der Waals surface area contributed by atoms with Gasteiger partial charge in [-0.25, -0.2) is 0 Å². The molecule has 0 bridgehead atoms. The van der Waals surface area contributed by atoms with Gasteiger partial charge in [0.25, 0.3) is 0 Å². The minimum Gasteiger partial charge on any atom is -0.380 e. The van der Waals surface area contributed by atoms with E-state index >= 15 is 0 Å². The van der Waals surface area contributed by atoms with Crippen molar-refractivity contribution in [1.29, 1.82) is 0 Å². The van der Waals surface area contributed by atoms with Crippen LogP contribution in [0.5, 0.6) is 0 Å². The van der Waals surface area contributed by atoms with Crippen LogP contribution in [0.25, 0.3) is 0 Å². The number of rotatable bonds is 21. The van der Waals surface area contributed by atoms with Gasteiger partial charge in [0.05, 0.1) is 62.0 Å². The van der Waals surface area contributed by atoms with Gasteiger partial charge in [-0.2, -0.15) is 0 Å². The van der Waals surface area contributed by atoms with Crippen molar-refractivity contribution in [2.45, 2.75) is 336 Å². The summed E-state index contributed by atoms with van der Waals surface area (Å²) >= 11 is 0. The topological polar surface area (TPSA) is 72.1 Å². The van der Waals surface area contributed by atoms with Gasteiger partial charge in [0.2, 0.25) is 0 Å². The van der Waals surface area contributed by atoms with Crippen LogP contribution < -0.4 is 0 Å². The Morgan fingerprint density at radius 1 is 0.290 bits per heavy atom. The summed E-state index contributed by atoms with van der Waals surface area (Å²) in [5.41, 5.74) is 3.69. The highest BCUT2D eigenvalue weighted by Gasteiger charge is 2.42. The quantitative estimate of drug-likeness (QED) is 0.103. The Hall–Kier alpha value is -0.520. The van der Waals surface area contributed by atoms with Crippen LogP contribution in [0.2, 0.25) is 0 Å². The molecule has 5 atom stereocenters. The van der Waals surface area contributed by atoms with Crippen LogP contribution in [-0.2, 0) is 23.7 Å². The maximum Gasteiger partial charge on any atom is 0.0600 e. The summed E-state index contributed by atoms with van der Waals surface area (Å²) in [6.07, 6.45) is 12.6. The van der Waals surface area contributed by atoms with Crippen LogP contribution in [0, 0.1) is 78.8 Å². The van der Waals surface area contributed by atoms with Gasteiger partial charge < -0.3 is 43.3 Å². The Kier molecular flexibility index (Phi) is 45.9. The molecule has 13 nitrogen and oxygen atoms in total. The predicted octanol–water partition coefficient (Wildman–Crippen LogP) is 20.9. The normalized spacial score (nSPS) is 23.3. The number of likely N-dealkylation sites (tertiary alicyclic amines) is 2. The van der Waals surface area contributed by atoms with Crippen molar-refractivity contribution in [2.24, 2.45) is 78.8 Å². The van der Waals surface area contributed by atoms with Crippen molar-refractivity contribution < 1.29 is 23.7 Å². The number of piperidine rings is 1. The van der Waals surface area contributed by atoms with Crippen LogP contribution in [0.4, 0.5) is 0 Å². The minimum atomic E-state index is -0.0217. The maximum absolute atomic E-state index is 5.80. The molecule has 0 spiro atoms. The molecular weight excluding hydrogens is 1320 g/mol. The van der Waals surface area contributed by atoms with Gasteiger partial charge in [-0.1, -0.05) is 173 Å². The van der Waals surface area contributed by atoms with Crippen molar-refractivity contribution in [3.05, 3.63) is 0 Å². The first-order valence-electron chi connectivity index (χ1n) is 44.2. The molecule has 642 valence electrons. The lowest BCUT2D eigenvalue weighted by Crippen LogP contribution is -2.48. The first-order chi connectivity index (χ1) is 48.3. The molecule has 5 unspecified atom stereocenters. The van der Waals surface area contributed by atoms with E-state index in [9.17, 15) is 0 Å². The number of hydrogen-bond acceptors (Lipinski definition) is 13. The number of hydrogen-bond donors (Lipinski definition) is 0. The highest BCUT2D eigenvalue weighted by atomic mass is 16.5. The van der Waals surface area contributed by atoms with Gasteiger partial charge in [-0.3, -0.25) is 19.6 Å². The van der Waals surface area contributed by atoms with E-state index in [2.05, 4.69) is 302 Å². The summed E-state index contributed by atoms with van der Waals surface area (Å²) in [7, 11) is 2.22. The molecular formula is C94H196N8O5. The third kappa shape index (κ3) is 64.4. The lowest BCUT2D eigenvalue weighted by Gasteiger charge is -2.40. The zero-order valence-electron chi connectivity index (χ0n) is 80.0. The zero-order valence-corrected chi connectivity index (χ0v) is 80.0. The van der Waals surface area contributed by atoms with Gasteiger partial charge >= 0.3 is 0 Å². The fraction of sp³-hybridized carbons (Fsp3) is 1.00. The molecule has 0 radical (unpaired) electrons. The van der Waals surface area contributed by atoms with Crippen molar-refractivity contribution in [2.75, 3.05) is 197 Å². The van der Waals surface area contributed by atoms with Gasteiger partial charge in [0.15, 0.2) is 0 Å². The van der Waals surface area contributed by atoms with Crippen LogP contribution >= 0.6 is 0 Å². The molecule has 0 N–H and O–H groups in total. The lowest BCUT2D eigenvalue weighted by molar-refractivity contribution is -0.0280. The fourth-order valence-electron chi connectivity index (χ4n) is 15.2. The molecule has 5 aliphatic heterocycles. The Labute approximate surface area is 671 Å². The van der Waals surface area contributed by atoms with Gasteiger partial charge in [0.1, 0.15) is 0 Å². The van der Waals surface area contributed by atoms with E-state index < -0.39 is 0 Å². The zero-order chi connectivity index (χ0) is 82.5. The smallest absolute Gasteiger partial charge is 0.0600 e. The Bertz CT molecular complexity index is 2170. The highest BCUT2D eigenvalue weighted by Crippen LogP contribution is 2.51. The summed E-state index contributed by atoms with van der Waals surface area (Å²) in [4.78, 5) is 20.3. The summed E-state index contributed by atoms with van der Waals surface area (Å²) in [5, 5.41) is 0. The number of nitrogens with zero attached hydrogens (tertiary/aromatic N) is 8. The third-order valence-corrected chi connectivity index (χ3v) is 20.6. The molecule has 0 aromatic carbocycles. The fourth-order valence-corrected chi connectivity index (χ4v) is 15.2. The van der Waals surface area contributed by atoms with Gasteiger partial charge in [-0.05, 0) is 259 Å². The van der Waals surface area contributed by atoms with E-state index in [-0.39, 0.29) is 27.8 Å². The highest BCUT2D eigenvalue weighted by molar-refractivity contribution is 4.92. The summed E-state index contributed by atoms with van der Waals surface area (Å²) in [6.45, 7) is 116. The second-order valence-corrected chi connectivity index (χ2v) is 48.3. The van der Waals surface area contributed by atoms with Crippen LogP contribution in [0.3, 0.4) is 0 Å². The molecule has 7 rings (SSSR count). The molecule has 0 aromatic heterocycles. The molecule has 7 fully saturated rings. The van der Waals surface area contributed by atoms with E-state index in [1.54, 1.807) is 0 Å². The number of ether oxygens (including phenoxy) is 5. The van der Waals surface area contributed by atoms with Crippen LogP contribution in [-0.4, -0.2) is 259 Å². The van der Waals surface area contributed by atoms with E-state index in [4.69, 9.17) is 23.7 Å². The molecule has 0 aromatic rings. The average molecular weight is 1520 g/mol. The molecule has 5 heterocycles. The van der Waals surface area contributed by atoms with Crippen molar-refractivity contribution in [1.82, 2.24) is 39.2 Å². The Balaban J connectivity index is 0.000000631. The van der Waals surface area contributed by atoms with Crippen molar-refractivity contribution in [3.8, 4) is 0 Å². The number of piperazine rings is 2. The Morgan fingerprint density at radius 2 is 0.598 bits per heavy atom. The third-order valence-electron chi connectivity index (χ3n) is 20.6. The summed E-state index contributed by atoms with van der Waals surface area (Å²) < 4.78 is 28.9. The first-order valence-corrected chi connectivity index (χ1v) is 44.2. The van der Waals surface area contributed by atoms with E-state index in [1.165, 1.54) is 130 Å². The van der Waals surface area contributed by atoms with E-state index in [0.717, 1.165) is 154 Å². The molecule has 13 heteroatoms. The average Bonchev–Trinajstić information content (AvgIpc) is 1.68. The van der Waals surface area contributed by atoms with Crippen molar-refractivity contribution in [3.63, 3.8) is 0 Å². The molecule has 0 amide bonds. The molecule has 2 aliphatic carbocycles. The largest absolute Gasteiger partial charge is 0.380 e. The maximum atomic E-state index is 5.80. The standard InChI is InChI=1S/C17H36N2O2.C16H34N2O2.C14H29N.C13H26O.C13H26.C11H24N2.C10H21N/c1-16(2,3)15-20-13-11-18-7-9-19(10-8-18)12-14-21-17(4,5)6;1-15(2,3)19-13-11-17-7-9-18(10-8-17)12-14-20-16(4,5)6;1-13(2,3)11-15-9-7-12(8-10-15)14(4,5)6;1-12(2,3)8-10-7-11(10)9-14-13(4,5)6;1-12(2,3)8-10-7-11(10)9-13(4,5)6;1-11(2,3)10-13-7-5-6-12(4)8-9-13;1-9-5-6-11(7-9)8-10(2,3)4/h7-15H2,1-6H3;7-14H2,1-6H3;12H,7-11H2,1-6H3;10-11H,7-9H2,1-6H3;10-11H,7-9H2,1-6H3;5-10H2,1-4H3;9H,5-8H2,1-4H3. The number of likely N-dealkylation sites (N-methyl/N-ethyl adjacent to an activating group) is 1. The van der Waals surface area contributed by atoms with Gasteiger partial charge in [0, 0.05) is 118 Å². The molecule has 7 aliphatic rings. The van der Waals surface area contributed by atoms with Gasteiger partial charge in [-0.15, -0.1) is 0 Å². The van der Waals surface area contributed by atoms with Crippen molar-refractivity contribution >= 4 is 0 Å². The monoisotopic (exact) mass is 1520 g/mol. The Morgan fingerprint density at radius 3 is 0.907 bits per heavy atom. The molecule has 5 saturated heterocycles. The van der Waals surface area contributed by atoms with E-state index in [0.29, 0.717) is 37.9 Å². The van der Waals surface area contributed by atoms with Crippen LogP contribution in [0.1, 0.15) is 314 Å². The minimum absolute atomic E-state index is 0.0216. The predicted molar refractivity (Wildman–Crippen MR) is 470 cm³/mol. The molecule has 107 heavy (non-hydrogen) atoms. The van der Waals surface area contributed by atoms with E-state index in [1.807, 2.05) is 0 Å². The SMILES string of the molecule is CC(C)(C)CC1CC1CC(C)(C)C.CC(C)(C)CC1CC1COC(C)(C)C.CC(C)(C)CN1CCC(C(C)(C)C)CC1.CC(C)(C)COCCN1CCN(CCOC(C)(C)C)CC1.CC(C)(C)OCCN1CCN(CCOC(C)(C)C)CC1.CC1CCN(CC(C)(C)C)C1.CN1CCCN(CC(C)(C)C)CC1. The first kappa shape index (κ1) is 104. The summed E-state index contributed by atoms with van der Waals surface area (Å²) in [6, 6.07) is 0. The van der Waals surface area contributed by atoms with Crippen LogP contribution in [0.15, 0.2) is 0 Å².